The molecule has 0 heterocycles. The van der Waals surface area contributed by atoms with Gasteiger partial charge in [0.15, 0.2) is 0 Å². The Bertz CT molecular complexity index is 384. The van der Waals surface area contributed by atoms with Gasteiger partial charge in [0, 0.05) is 53.9 Å². The number of unbranched alkanes of at least 4 members (excludes halogenated alkanes) is 9. The summed E-state index contributed by atoms with van der Waals surface area (Å²) in [5, 5.41) is 36.4. The summed E-state index contributed by atoms with van der Waals surface area (Å²) >= 11 is 0. The maximum atomic E-state index is 9.00. The van der Waals surface area contributed by atoms with Gasteiger partial charge in [0.2, 0.25) is 0 Å². The molecule has 212 valence electrons. The molecule has 0 aliphatic rings. The summed E-state index contributed by atoms with van der Waals surface area (Å²) in [5.41, 5.74) is 5.40. The van der Waals surface area contributed by atoms with Gasteiger partial charge in [-0.3, -0.25) is 19.2 Å². The van der Waals surface area contributed by atoms with Gasteiger partial charge in [-0.2, -0.15) is 0 Å². The standard InChI is InChI=1S/C16H37N3.4C2H4O2/c1-2-3-4-5-6-7-8-9-10-11-13-18-15-16-19-14-12-17;4*1-2(3)4/h18-19H,2-17H2,1H3;4*1H3,(H,3,4). The van der Waals surface area contributed by atoms with Crippen LogP contribution in [0.5, 0.6) is 0 Å². The number of hydrogen-bond donors (Lipinski definition) is 7. The van der Waals surface area contributed by atoms with Crippen LogP contribution in [-0.4, -0.2) is 77.0 Å². The first-order valence-corrected chi connectivity index (χ1v) is 12.2. The van der Waals surface area contributed by atoms with Crippen molar-refractivity contribution in [3.05, 3.63) is 0 Å². The SMILES string of the molecule is CC(=O)O.CC(=O)O.CC(=O)O.CC(=O)O.CCCCCCCCCCCCNCCNCCN. The van der Waals surface area contributed by atoms with Gasteiger partial charge in [-0.25, -0.2) is 0 Å². The van der Waals surface area contributed by atoms with Crippen LogP contribution < -0.4 is 16.4 Å². The number of carboxylic acid groups (broad SMARTS) is 4. The Kier molecular flexibility index (Phi) is 51.4. The van der Waals surface area contributed by atoms with Gasteiger partial charge in [0.1, 0.15) is 0 Å². The molecule has 0 aromatic rings. The average Bonchev–Trinajstić information content (AvgIpc) is 2.69. The maximum absolute atomic E-state index is 9.00. The molecule has 11 heteroatoms. The van der Waals surface area contributed by atoms with Crippen LogP contribution in [0.15, 0.2) is 0 Å². The molecule has 0 bridgehead atoms. The van der Waals surface area contributed by atoms with Crippen molar-refractivity contribution in [2.75, 3.05) is 32.7 Å². The molecule has 0 unspecified atom stereocenters. The predicted molar refractivity (Wildman–Crippen MR) is 140 cm³/mol. The Morgan fingerprint density at radius 3 is 1.06 bits per heavy atom. The smallest absolute Gasteiger partial charge is 0.300 e. The van der Waals surface area contributed by atoms with Crippen LogP contribution in [0.2, 0.25) is 0 Å². The Morgan fingerprint density at radius 2 is 0.771 bits per heavy atom. The minimum Gasteiger partial charge on any atom is -0.481 e. The highest BCUT2D eigenvalue weighted by Gasteiger charge is 1.93. The molecule has 0 saturated carbocycles. The minimum atomic E-state index is -0.833. The third-order valence-electron chi connectivity index (χ3n) is 3.51. The third-order valence-corrected chi connectivity index (χ3v) is 3.51. The first-order chi connectivity index (χ1) is 16.3. The fourth-order valence-electron chi connectivity index (χ4n) is 2.27. The summed E-state index contributed by atoms with van der Waals surface area (Å²) in [6.07, 6.45) is 14.1. The van der Waals surface area contributed by atoms with Gasteiger partial charge in [0.05, 0.1) is 0 Å². The van der Waals surface area contributed by atoms with Crippen LogP contribution >= 0.6 is 0 Å². The Labute approximate surface area is 211 Å². The highest BCUT2D eigenvalue weighted by atomic mass is 16.4. The van der Waals surface area contributed by atoms with Crippen molar-refractivity contribution in [2.45, 2.75) is 98.8 Å². The molecule has 0 saturated heterocycles. The zero-order valence-corrected chi connectivity index (χ0v) is 22.6. The molecule has 0 aliphatic heterocycles. The summed E-state index contributed by atoms with van der Waals surface area (Å²) in [6.45, 7) is 11.5. The molecule has 0 aromatic heterocycles. The predicted octanol–water partition coefficient (Wildman–Crippen LogP) is 3.41. The summed E-state index contributed by atoms with van der Waals surface area (Å²) in [6, 6.07) is 0. The molecular formula is C24H53N3O8. The quantitative estimate of drug-likeness (QED) is 0.150. The molecule has 0 atom stereocenters. The van der Waals surface area contributed by atoms with E-state index >= 15 is 0 Å². The van der Waals surface area contributed by atoms with Crippen molar-refractivity contribution in [1.29, 1.82) is 0 Å². The number of rotatable bonds is 16. The molecule has 8 N–H and O–H groups in total. The van der Waals surface area contributed by atoms with Crippen LogP contribution in [0.4, 0.5) is 0 Å². The van der Waals surface area contributed by atoms with Crippen LogP contribution in [0.3, 0.4) is 0 Å². The van der Waals surface area contributed by atoms with Crippen molar-refractivity contribution in [3.63, 3.8) is 0 Å². The fourth-order valence-corrected chi connectivity index (χ4v) is 2.27. The summed E-state index contributed by atoms with van der Waals surface area (Å²) in [4.78, 5) is 36.0. The summed E-state index contributed by atoms with van der Waals surface area (Å²) in [7, 11) is 0. The van der Waals surface area contributed by atoms with Gasteiger partial charge in [0.25, 0.3) is 23.9 Å². The molecule has 0 spiro atoms. The second-order valence-electron chi connectivity index (χ2n) is 7.55. The second kappa shape index (κ2) is 42.0. The molecule has 0 aromatic carbocycles. The maximum Gasteiger partial charge on any atom is 0.300 e. The van der Waals surface area contributed by atoms with Crippen LogP contribution in [0.1, 0.15) is 98.8 Å². The van der Waals surface area contributed by atoms with Crippen LogP contribution in [-0.2, 0) is 19.2 Å². The largest absolute Gasteiger partial charge is 0.481 e. The van der Waals surface area contributed by atoms with Crippen molar-refractivity contribution in [3.8, 4) is 0 Å². The summed E-state index contributed by atoms with van der Waals surface area (Å²) in [5.74, 6) is -3.33. The normalized spacial score (nSPS) is 8.86. The van der Waals surface area contributed by atoms with E-state index in [-0.39, 0.29) is 0 Å². The van der Waals surface area contributed by atoms with E-state index in [1.54, 1.807) is 0 Å². The van der Waals surface area contributed by atoms with Crippen LogP contribution in [0.25, 0.3) is 0 Å². The van der Waals surface area contributed by atoms with Crippen LogP contribution in [0, 0.1) is 0 Å². The van der Waals surface area contributed by atoms with Gasteiger partial charge >= 0.3 is 0 Å². The molecule has 0 aliphatic carbocycles. The number of hydrogen-bond acceptors (Lipinski definition) is 7. The Hall–Kier alpha value is -2.24. The van der Waals surface area contributed by atoms with E-state index in [0.717, 1.165) is 53.9 Å². The first-order valence-electron chi connectivity index (χ1n) is 12.2. The highest BCUT2D eigenvalue weighted by molar-refractivity contribution is 5.63. The minimum absolute atomic E-state index is 0.735. The first kappa shape index (κ1) is 42.9. The van der Waals surface area contributed by atoms with E-state index in [2.05, 4.69) is 17.6 Å². The lowest BCUT2D eigenvalue weighted by Gasteiger charge is -2.06. The molecule has 11 nitrogen and oxygen atoms in total. The number of carbonyl (C=O) groups is 4. The average molecular weight is 512 g/mol. The molecular weight excluding hydrogens is 458 g/mol. The van der Waals surface area contributed by atoms with Gasteiger partial charge in [-0.1, -0.05) is 64.7 Å². The lowest BCUT2D eigenvalue weighted by atomic mass is 10.1. The topological polar surface area (TPSA) is 199 Å². The molecule has 0 fully saturated rings. The Balaban J connectivity index is -0.000000151. The molecule has 0 rings (SSSR count). The van der Waals surface area contributed by atoms with E-state index in [0.29, 0.717) is 0 Å². The van der Waals surface area contributed by atoms with Crippen molar-refractivity contribution in [2.24, 2.45) is 5.73 Å². The molecule has 35 heavy (non-hydrogen) atoms. The number of nitrogens with one attached hydrogen (secondary N) is 2. The van der Waals surface area contributed by atoms with E-state index in [1.807, 2.05) is 0 Å². The fraction of sp³-hybridized carbons (Fsp3) is 0.833. The highest BCUT2D eigenvalue weighted by Crippen LogP contribution is 2.10. The zero-order valence-electron chi connectivity index (χ0n) is 22.6. The second-order valence-corrected chi connectivity index (χ2v) is 7.55. The number of carboxylic acids is 4. The van der Waals surface area contributed by atoms with Crippen molar-refractivity contribution in [1.82, 2.24) is 10.6 Å². The van der Waals surface area contributed by atoms with Crippen molar-refractivity contribution < 1.29 is 39.6 Å². The van der Waals surface area contributed by atoms with E-state index in [1.165, 1.54) is 70.8 Å². The van der Waals surface area contributed by atoms with Gasteiger partial charge < -0.3 is 36.8 Å². The van der Waals surface area contributed by atoms with Crippen molar-refractivity contribution >= 4 is 23.9 Å². The van der Waals surface area contributed by atoms with Gasteiger partial charge in [-0.15, -0.1) is 0 Å². The number of aliphatic carboxylic acids is 4. The van der Waals surface area contributed by atoms with E-state index < -0.39 is 23.9 Å². The van der Waals surface area contributed by atoms with E-state index in [4.69, 9.17) is 45.3 Å². The molecule has 0 radical (unpaired) electrons. The lowest BCUT2D eigenvalue weighted by Crippen LogP contribution is -2.31. The number of nitrogens with two attached hydrogens (primary N) is 1. The lowest BCUT2D eigenvalue weighted by molar-refractivity contribution is -0.135. The molecule has 0 amide bonds. The zero-order chi connectivity index (χ0) is 28.3. The third kappa shape index (κ3) is 149. The summed E-state index contributed by atoms with van der Waals surface area (Å²) < 4.78 is 0. The Morgan fingerprint density at radius 1 is 0.514 bits per heavy atom. The van der Waals surface area contributed by atoms with E-state index in [9.17, 15) is 0 Å². The monoisotopic (exact) mass is 511 g/mol. The van der Waals surface area contributed by atoms with Gasteiger partial charge in [-0.05, 0) is 13.0 Å².